The molecule has 0 aliphatic carbocycles. The summed E-state index contributed by atoms with van der Waals surface area (Å²) in [6.07, 6.45) is 0. The fourth-order valence-corrected chi connectivity index (χ4v) is 2.06. The lowest BCUT2D eigenvalue weighted by Crippen LogP contribution is -2.03. The van der Waals surface area contributed by atoms with Gasteiger partial charge in [0.05, 0.1) is 16.4 Å². The maximum absolute atomic E-state index is 5.92. The van der Waals surface area contributed by atoms with E-state index in [-0.39, 0.29) is 5.28 Å². The van der Waals surface area contributed by atoms with Crippen LogP contribution in [0.25, 0.3) is 0 Å². The third-order valence-corrected chi connectivity index (χ3v) is 3.67. The molecule has 1 aromatic carbocycles. The molecule has 0 unspecified atom stereocenters. The molecule has 0 saturated carbocycles. The van der Waals surface area contributed by atoms with Crippen molar-refractivity contribution in [3.8, 4) is 0 Å². The third-order valence-electron chi connectivity index (χ3n) is 2.29. The van der Waals surface area contributed by atoms with E-state index in [1.54, 1.807) is 13.0 Å². The normalized spacial score (nSPS) is 10.4. The molecule has 0 bridgehead atoms. The fraction of sp³-hybridized carbons (Fsp3) is 0.0909. The first-order valence-corrected chi connectivity index (χ1v) is 6.54. The Morgan fingerprint density at radius 3 is 2.67 bits per heavy atom. The summed E-state index contributed by atoms with van der Waals surface area (Å²) >= 11 is 15.1. The number of nitrogen functional groups attached to an aromatic ring is 1. The molecular formula is C11H9BrCl2N4. The predicted octanol–water partition coefficient (Wildman–Crippen LogP) is 4.18. The van der Waals surface area contributed by atoms with Crippen molar-refractivity contribution in [3.05, 3.63) is 38.7 Å². The molecular weight excluding hydrogens is 339 g/mol. The number of nitrogens with one attached hydrogen (secondary N) is 1. The van der Waals surface area contributed by atoms with E-state index in [0.717, 1.165) is 10.2 Å². The summed E-state index contributed by atoms with van der Waals surface area (Å²) in [7, 11) is 0. The van der Waals surface area contributed by atoms with Crippen LogP contribution in [0.4, 0.5) is 17.2 Å². The average molecular weight is 348 g/mol. The minimum Gasteiger partial charge on any atom is -0.394 e. The van der Waals surface area contributed by atoms with Crippen molar-refractivity contribution in [2.75, 3.05) is 11.1 Å². The molecule has 0 aliphatic rings. The van der Waals surface area contributed by atoms with E-state index in [4.69, 9.17) is 28.9 Å². The molecule has 2 rings (SSSR count). The number of anilines is 3. The maximum Gasteiger partial charge on any atom is 0.224 e. The average Bonchev–Trinajstić information content (AvgIpc) is 2.30. The number of benzene rings is 1. The van der Waals surface area contributed by atoms with Crippen molar-refractivity contribution in [2.24, 2.45) is 0 Å². The second-order valence-electron chi connectivity index (χ2n) is 3.59. The van der Waals surface area contributed by atoms with Crippen molar-refractivity contribution in [2.45, 2.75) is 6.92 Å². The topological polar surface area (TPSA) is 63.8 Å². The second-order valence-corrected chi connectivity index (χ2v) is 5.19. The minimum atomic E-state index is 0.150. The predicted molar refractivity (Wildman–Crippen MR) is 78.6 cm³/mol. The van der Waals surface area contributed by atoms with Gasteiger partial charge in [-0.25, -0.2) is 4.98 Å². The first-order chi connectivity index (χ1) is 8.47. The van der Waals surface area contributed by atoms with E-state index in [9.17, 15) is 0 Å². The van der Waals surface area contributed by atoms with Crippen LogP contribution in [-0.2, 0) is 0 Å². The molecule has 7 heteroatoms. The highest BCUT2D eigenvalue weighted by Gasteiger charge is 2.08. The van der Waals surface area contributed by atoms with Crippen LogP contribution in [0.1, 0.15) is 5.69 Å². The van der Waals surface area contributed by atoms with Gasteiger partial charge in [-0.2, -0.15) is 4.98 Å². The summed E-state index contributed by atoms with van der Waals surface area (Å²) in [5.41, 5.74) is 7.78. The van der Waals surface area contributed by atoms with E-state index < -0.39 is 0 Å². The molecule has 0 spiro atoms. The number of nitrogens with two attached hydrogens (primary N) is 1. The number of halogens is 3. The fourth-order valence-electron chi connectivity index (χ4n) is 1.35. The largest absolute Gasteiger partial charge is 0.394 e. The van der Waals surface area contributed by atoms with Crippen LogP contribution < -0.4 is 11.1 Å². The van der Waals surface area contributed by atoms with Gasteiger partial charge in [-0.1, -0.05) is 11.6 Å². The summed E-state index contributed by atoms with van der Waals surface area (Å²) < 4.78 is 0.782. The molecule has 4 nitrogen and oxygen atoms in total. The van der Waals surface area contributed by atoms with Gasteiger partial charge in [-0.15, -0.1) is 0 Å². The summed E-state index contributed by atoms with van der Waals surface area (Å²) in [6, 6.07) is 5.41. The highest BCUT2D eigenvalue weighted by atomic mass is 79.9. The Labute approximate surface area is 123 Å². The summed E-state index contributed by atoms with van der Waals surface area (Å²) in [5, 5.41) is 3.85. The summed E-state index contributed by atoms with van der Waals surface area (Å²) in [5.74, 6) is 0.474. The molecule has 1 heterocycles. The summed E-state index contributed by atoms with van der Waals surface area (Å²) in [6.45, 7) is 1.77. The van der Waals surface area contributed by atoms with Crippen molar-refractivity contribution in [3.63, 3.8) is 0 Å². The van der Waals surface area contributed by atoms with Crippen LogP contribution in [0.15, 0.2) is 22.7 Å². The van der Waals surface area contributed by atoms with Crippen molar-refractivity contribution >= 4 is 56.3 Å². The molecule has 2 aromatic rings. The van der Waals surface area contributed by atoms with Crippen LogP contribution in [0.3, 0.4) is 0 Å². The Bertz CT molecular complexity index is 604. The molecule has 0 atom stereocenters. The number of aromatic nitrogens is 2. The highest BCUT2D eigenvalue weighted by molar-refractivity contribution is 9.10. The van der Waals surface area contributed by atoms with Gasteiger partial charge in [0.25, 0.3) is 0 Å². The zero-order valence-electron chi connectivity index (χ0n) is 9.34. The van der Waals surface area contributed by atoms with E-state index in [0.29, 0.717) is 22.2 Å². The first-order valence-electron chi connectivity index (χ1n) is 4.99. The lowest BCUT2D eigenvalue weighted by atomic mass is 10.3. The van der Waals surface area contributed by atoms with Crippen molar-refractivity contribution in [1.29, 1.82) is 0 Å². The molecule has 3 N–H and O–H groups in total. The highest BCUT2D eigenvalue weighted by Crippen LogP contribution is 2.29. The van der Waals surface area contributed by atoms with E-state index in [2.05, 4.69) is 31.2 Å². The standard InChI is InChI=1S/C11H9BrCl2N4/c1-5-9(15)10(18-11(14)16-5)17-6-2-3-8(13)7(12)4-6/h2-4H,15H2,1H3,(H,16,17,18). The molecule has 0 aliphatic heterocycles. The number of nitrogens with zero attached hydrogens (tertiary/aromatic N) is 2. The van der Waals surface area contributed by atoms with Crippen LogP contribution in [-0.4, -0.2) is 9.97 Å². The smallest absolute Gasteiger partial charge is 0.224 e. The van der Waals surface area contributed by atoms with Gasteiger partial charge in [0, 0.05) is 10.2 Å². The molecule has 0 saturated heterocycles. The van der Waals surface area contributed by atoms with Gasteiger partial charge >= 0.3 is 0 Å². The summed E-state index contributed by atoms with van der Waals surface area (Å²) in [4.78, 5) is 8.02. The third kappa shape index (κ3) is 2.85. The molecule has 1 aromatic heterocycles. The van der Waals surface area contributed by atoms with Gasteiger partial charge in [0.2, 0.25) is 5.28 Å². The quantitative estimate of drug-likeness (QED) is 0.800. The number of rotatable bonds is 2. The van der Waals surface area contributed by atoms with Crippen molar-refractivity contribution in [1.82, 2.24) is 9.97 Å². The zero-order valence-corrected chi connectivity index (χ0v) is 12.4. The minimum absolute atomic E-state index is 0.150. The maximum atomic E-state index is 5.92. The van der Waals surface area contributed by atoms with Crippen LogP contribution in [0.5, 0.6) is 0 Å². The van der Waals surface area contributed by atoms with Gasteiger partial charge < -0.3 is 11.1 Å². The number of hydrogen-bond donors (Lipinski definition) is 2. The Morgan fingerprint density at radius 1 is 1.28 bits per heavy atom. The number of aryl methyl sites for hydroxylation is 1. The Balaban J connectivity index is 2.36. The lowest BCUT2D eigenvalue weighted by molar-refractivity contribution is 1.11. The Kier molecular flexibility index (Phi) is 3.94. The van der Waals surface area contributed by atoms with Gasteiger partial charge in [0.15, 0.2) is 5.82 Å². The van der Waals surface area contributed by atoms with Crippen LogP contribution in [0, 0.1) is 6.92 Å². The van der Waals surface area contributed by atoms with E-state index in [1.165, 1.54) is 0 Å². The first kappa shape index (κ1) is 13.4. The van der Waals surface area contributed by atoms with E-state index >= 15 is 0 Å². The number of hydrogen-bond acceptors (Lipinski definition) is 4. The van der Waals surface area contributed by atoms with Gasteiger partial charge in [-0.05, 0) is 52.7 Å². The van der Waals surface area contributed by atoms with Crippen LogP contribution >= 0.6 is 39.1 Å². The van der Waals surface area contributed by atoms with Gasteiger partial charge in [0.1, 0.15) is 0 Å². The Hall–Kier alpha value is -1.04. The van der Waals surface area contributed by atoms with Gasteiger partial charge in [-0.3, -0.25) is 0 Å². The zero-order chi connectivity index (χ0) is 13.3. The Morgan fingerprint density at radius 2 is 2.00 bits per heavy atom. The molecule has 0 radical (unpaired) electrons. The monoisotopic (exact) mass is 346 g/mol. The molecule has 94 valence electrons. The van der Waals surface area contributed by atoms with Crippen molar-refractivity contribution < 1.29 is 0 Å². The SMILES string of the molecule is Cc1nc(Cl)nc(Nc2ccc(Cl)c(Br)c2)c1N. The van der Waals surface area contributed by atoms with Crippen LogP contribution in [0.2, 0.25) is 10.3 Å². The van der Waals surface area contributed by atoms with E-state index in [1.807, 2.05) is 12.1 Å². The molecule has 0 amide bonds. The molecule has 0 fully saturated rings. The molecule has 18 heavy (non-hydrogen) atoms. The second kappa shape index (κ2) is 5.30. The lowest BCUT2D eigenvalue weighted by Gasteiger charge is -2.10.